The molecule has 5 nitrogen and oxygen atoms in total. The van der Waals surface area contributed by atoms with Gasteiger partial charge >= 0.3 is 0 Å². The van der Waals surface area contributed by atoms with Crippen LogP contribution in [0.25, 0.3) is 0 Å². The van der Waals surface area contributed by atoms with Crippen molar-refractivity contribution in [1.82, 2.24) is 10.2 Å². The third-order valence-electron chi connectivity index (χ3n) is 6.25. The van der Waals surface area contributed by atoms with Gasteiger partial charge in [-0.2, -0.15) is 0 Å². The van der Waals surface area contributed by atoms with E-state index < -0.39 is 17.4 Å². The quantitative estimate of drug-likeness (QED) is 0.443. The number of nitrogens with one attached hydrogen (secondary N) is 1. The molecule has 7 heteroatoms. The van der Waals surface area contributed by atoms with Gasteiger partial charge in [0.05, 0.1) is 11.3 Å². The molecule has 0 aromatic heterocycles. The van der Waals surface area contributed by atoms with E-state index in [-0.39, 0.29) is 32.8 Å². The maximum atomic E-state index is 13.3. The zero-order valence-corrected chi connectivity index (χ0v) is 22.6. The molecule has 176 valence electrons. The molecule has 2 aromatic carbocycles. The summed E-state index contributed by atoms with van der Waals surface area (Å²) in [5, 5.41) is 3.31. The molecule has 1 aliphatic heterocycles. The maximum absolute atomic E-state index is 13.3. The standard InChI is InChI=1S/C26H30ClN2O3.W/c1-3-7-24(31)26(21-8-5-4-6-9-21)14-16-29(17-15-26)25(32)23(28-19(2)30)18-20-10-12-22(27)13-11-20;/h4-6,8-13,23H,2-3,7,14-18H2,1H3,(H,28,30);/q-1;/t23-;/m1./s1. The van der Waals surface area contributed by atoms with Crippen LogP contribution in [0.15, 0.2) is 54.6 Å². The number of rotatable bonds is 8. The molecular weight excluding hydrogens is 608 g/mol. The molecule has 1 fully saturated rings. The van der Waals surface area contributed by atoms with Gasteiger partial charge in [0.25, 0.3) is 0 Å². The Morgan fingerprint density at radius 2 is 1.67 bits per heavy atom. The number of nitrogens with zero attached hydrogens (tertiary/aromatic N) is 1. The van der Waals surface area contributed by atoms with Crippen molar-refractivity contribution in [3.05, 3.63) is 77.7 Å². The summed E-state index contributed by atoms with van der Waals surface area (Å²) >= 11 is 5.96. The molecule has 0 aliphatic carbocycles. The van der Waals surface area contributed by atoms with Gasteiger partial charge in [-0.05, 0) is 42.5 Å². The SMILES string of the molecule is [CH2-]C(=O)N[C@H](Cc1ccc(Cl)cc1)C(=O)N1CCC(C(=O)CCC)(c2ccccc2)CC1.[W]. The first-order valence-corrected chi connectivity index (χ1v) is 11.5. The summed E-state index contributed by atoms with van der Waals surface area (Å²) in [5.41, 5.74) is 1.36. The number of carbonyl (C=O) groups excluding carboxylic acids is 3. The number of ketones is 1. The Morgan fingerprint density at radius 1 is 1.06 bits per heavy atom. The summed E-state index contributed by atoms with van der Waals surface area (Å²) in [5.74, 6) is -0.408. The van der Waals surface area contributed by atoms with E-state index in [1.54, 1.807) is 17.0 Å². The molecular formula is C26H30ClN2O3W-. The predicted molar refractivity (Wildman–Crippen MR) is 126 cm³/mol. The van der Waals surface area contributed by atoms with Crippen LogP contribution in [0.1, 0.15) is 43.7 Å². The van der Waals surface area contributed by atoms with Gasteiger partial charge in [0.15, 0.2) is 0 Å². The number of hydrogen-bond acceptors (Lipinski definition) is 3. The van der Waals surface area contributed by atoms with Crippen molar-refractivity contribution in [3.63, 3.8) is 0 Å². The van der Waals surface area contributed by atoms with Gasteiger partial charge in [-0.3, -0.25) is 9.59 Å². The number of amides is 2. The van der Waals surface area contributed by atoms with Crippen molar-refractivity contribution >= 4 is 29.2 Å². The molecule has 0 unspecified atom stereocenters. The summed E-state index contributed by atoms with van der Waals surface area (Å²) in [6, 6.07) is 16.4. The summed E-state index contributed by atoms with van der Waals surface area (Å²) < 4.78 is 0. The van der Waals surface area contributed by atoms with Crippen LogP contribution in [-0.2, 0) is 47.3 Å². The summed E-state index contributed by atoms with van der Waals surface area (Å²) in [4.78, 5) is 39.9. The normalized spacial score (nSPS) is 15.8. The van der Waals surface area contributed by atoms with E-state index in [9.17, 15) is 14.4 Å². The Hall–Kier alpha value is -2.10. The fourth-order valence-corrected chi connectivity index (χ4v) is 4.66. The summed E-state index contributed by atoms with van der Waals surface area (Å²) in [6.07, 6.45) is 2.84. The van der Waals surface area contributed by atoms with E-state index in [0.717, 1.165) is 17.5 Å². The van der Waals surface area contributed by atoms with Gasteiger partial charge in [-0.15, -0.1) is 0 Å². The van der Waals surface area contributed by atoms with E-state index in [2.05, 4.69) is 12.2 Å². The van der Waals surface area contributed by atoms with Crippen molar-refractivity contribution in [2.75, 3.05) is 13.1 Å². The monoisotopic (exact) mass is 637 g/mol. The number of piperidine rings is 1. The number of likely N-dealkylation sites (tertiary alicyclic amines) is 1. The Kier molecular flexibility index (Phi) is 10.2. The van der Waals surface area contributed by atoms with Crippen LogP contribution in [-0.4, -0.2) is 41.6 Å². The van der Waals surface area contributed by atoms with Crippen molar-refractivity contribution in [2.24, 2.45) is 0 Å². The molecule has 0 radical (unpaired) electrons. The molecule has 0 spiro atoms. The van der Waals surface area contributed by atoms with E-state index >= 15 is 0 Å². The van der Waals surface area contributed by atoms with Gasteiger partial charge in [0, 0.05) is 52.0 Å². The van der Waals surface area contributed by atoms with Gasteiger partial charge in [0.2, 0.25) is 5.91 Å². The molecule has 2 aromatic rings. The van der Waals surface area contributed by atoms with Crippen LogP contribution in [0.4, 0.5) is 0 Å². The third-order valence-corrected chi connectivity index (χ3v) is 6.50. The molecule has 1 atom stereocenters. The molecule has 33 heavy (non-hydrogen) atoms. The fourth-order valence-electron chi connectivity index (χ4n) is 4.53. The fraction of sp³-hybridized carbons (Fsp3) is 0.385. The first kappa shape index (κ1) is 27.1. The Bertz CT molecular complexity index is 942. The van der Waals surface area contributed by atoms with Crippen LogP contribution in [0.5, 0.6) is 0 Å². The van der Waals surface area contributed by atoms with Gasteiger partial charge in [-0.25, -0.2) is 0 Å². The molecule has 0 bridgehead atoms. The number of halogens is 1. The number of carbonyl (C=O) groups is 3. The zero-order chi connectivity index (χ0) is 23.1. The maximum Gasteiger partial charge on any atom is 0.245 e. The summed E-state index contributed by atoms with van der Waals surface area (Å²) in [6.45, 7) is 6.32. The molecule has 0 saturated carbocycles. The second kappa shape index (κ2) is 12.4. The zero-order valence-electron chi connectivity index (χ0n) is 18.9. The van der Waals surface area contributed by atoms with Gasteiger partial charge in [-0.1, -0.05) is 61.0 Å². The van der Waals surface area contributed by atoms with Crippen molar-refractivity contribution in [1.29, 1.82) is 0 Å². The average Bonchev–Trinajstić information content (AvgIpc) is 2.80. The first-order valence-electron chi connectivity index (χ1n) is 11.1. The van der Waals surface area contributed by atoms with E-state index in [4.69, 9.17) is 11.6 Å². The van der Waals surface area contributed by atoms with Crippen LogP contribution >= 0.6 is 11.6 Å². The molecule has 3 rings (SSSR count). The topological polar surface area (TPSA) is 66.5 Å². The van der Waals surface area contributed by atoms with Crippen molar-refractivity contribution in [2.45, 2.75) is 50.5 Å². The largest absolute Gasteiger partial charge is 0.369 e. The first-order chi connectivity index (χ1) is 15.4. The van der Waals surface area contributed by atoms with Gasteiger partial charge < -0.3 is 21.9 Å². The molecule has 1 aliphatic rings. The third kappa shape index (κ3) is 6.71. The van der Waals surface area contributed by atoms with Crippen LogP contribution < -0.4 is 5.32 Å². The molecule has 2 amide bonds. The van der Waals surface area contributed by atoms with Crippen LogP contribution in [0.2, 0.25) is 5.02 Å². The minimum absolute atomic E-state index is 0. The number of benzene rings is 2. The van der Waals surface area contributed by atoms with E-state index in [1.165, 1.54) is 0 Å². The smallest absolute Gasteiger partial charge is 0.245 e. The Balaban J connectivity index is 0.00000385. The molecule has 1 saturated heterocycles. The van der Waals surface area contributed by atoms with Crippen molar-refractivity contribution < 1.29 is 35.4 Å². The second-order valence-corrected chi connectivity index (χ2v) is 8.83. The van der Waals surface area contributed by atoms with Crippen LogP contribution in [0.3, 0.4) is 0 Å². The minimum Gasteiger partial charge on any atom is -0.369 e. The van der Waals surface area contributed by atoms with E-state index in [0.29, 0.717) is 43.8 Å². The Labute approximate surface area is 215 Å². The minimum atomic E-state index is -0.711. The predicted octanol–water partition coefficient (Wildman–Crippen LogP) is 4.13. The van der Waals surface area contributed by atoms with Crippen molar-refractivity contribution in [3.8, 4) is 0 Å². The molecule has 1 heterocycles. The van der Waals surface area contributed by atoms with E-state index in [1.807, 2.05) is 49.4 Å². The van der Waals surface area contributed by atoms with Gasteiger partial charge in [0.1, 0.15) is 11.8 Å². The summed E-state index contributed by atoms with van der Waals surface area (Å²) in [7, 11) is 0. The Morgan fingerprint density at radius 3 is 2.21 bits per heavy atom. The second-order valence-electron chi connectivity index (χ2n) is 8.40. The van der Waals surface area contributed by atoms with Crippen LogP contribution in [0, 0.1) is 6.92 Å². The molecule has 1 N–H and O–H groups in total. The average molecular weight is 638 g/mol. The number of hydrogen-bond donors (Lipinski definition) is 1. The number of Topliss-reactive ketones (excluding diaryl/α,β-unsaturated/α-hetero) is 1.